The SMILES string of the molecule is O=C(CN1C[C@@H](c2ccccc2)[C@@]2(CCCC(=O)N2)C1)Nc1nc2ccc(F)cc2s1. The summed E-state index contributed by atoms with van der Waals surface area (Å²) in [6.07, 6.45) is 2.32. The maximum absolute atomic E-state index is 13.4. The molecule has 2 fully saturated rings. The third-order valence-corrected chi connectivity index (χ3v) is 7.13. The third-order valence-electron chi connectivity index (χ3n) is 6.19. The number of carbonyl (C=O) groups excluding carboxylic acids is 2. The zero-order valence-electron chi connectivity index (χ0n) is 16.9. The summed E-state index contributed by atoms with van der Waals surface area (Å²) in [7, 11) is 0. The minimum atomic E-state index is -0.343. The van der Waals surface area contributed by atoms with Crippen molar-refractivity contribution < 1.29 is 14.0 Å². The lowest BCUT2D eigenvalue weighted by Crippen LogP contribution is -2.56. The lowest BCUT2D eigenvalue weighted by molar-refractivity contribution is -0.125. The largest absolute Gasteiger partial charge is 0.349 e. The summed E-state index contributed by atoms with van der Waals surface area (Å²) in [5, 5.41) is 6.57. The monoisotopic (exact) mass is 438 g/mol. The summed E-state index contributed by atoms with van der Waals surface area (Å²) >= 11 is 1.26. The standard InChI is InChI=1S/C23H23FN4O2S/c24-16-8-9-18-19(11-16)31-22(25-18)26-21(30)13-28-12-17(15-5-2-1-3-6-15)23(14-28)10-4-7-20(29)27-23/h1-3,5-6,8-9,11,17H,4,7,10,12-14H2,(H,27,29)(H,25,26,30)/t17-,23+/m0/s1. The first-order chi connectivity index (χ1) is 15.0. The lowest BCUT2D eigenvalue weighted by Gasteiger charge is -2.39. The average molecular weight is 439 g/mol. The number of benzene rings is 2. The Labute approximate surface area is 183 Å². The first kappa shape index (κ1) is 20.1. The van der Waals surface area contributed by atoms with Gasteiger partial charge in [0.15, 0.2) is 5.13 Å². The Hall–Kier alpha value is -2.84. The molecule has 0 saturated carbocycles. The van der Waals surface area contributed by atoms with Gasteiger partial charge in [-0.3, -0.25) is 14.5 Å². The van der Waals surface area contributed by atoms with Gasteiger partial charge < -0.3 is 10.6 Å². The molecule has 5 rings (SSSR count). The van der Waals surface area contributed by atoms with E-state index in [1.165, 1.54) is 29.0 Å². The minimum Gasteiger partial charge on any atom is -0.349 e. The molecule has 3 aromatic rings. The highest BCUT2D eigenvalue weighted by Gasteiger charge is 2.49. The summed E-state index contributed by atoms with van der Waals surface area (Å²) in [6.45, 7) is 1.55. The van der Waals surface area contributed by atoms with E-state index < -0.39 is 0 Å². The predicted octanol–water partition coefficient (Wildman–Crippen LogP) is 3.51. The number of carbonyl (C=O) groups is 2. The summed E-state index contributed by atoms with van der Waals surface area (Å²) < 4.78 is 14.1. The second kappa shape index (κ2) is 8.01. The second-order valence-electron chi connectivity index (χ2n) is 8.37. The number of hydrogen-bond donors (Lipinski definition) is 2. The quantitative estimate of drug-likeness (QED) is 0.654. The summed E-state index contributed by atoms with van der Waals surface area (Å²) in [5.74, 6) is -0.264. The topological polar surface area (TPSA) is 74.3 Å². The van der Waals surface area contributed by atoms with Crippen molar-refractivity contribution in [2.24, 2.45) is 0 Å². The number of fused-ring (bicyclic) bond motifs is 1. The molecule has 8 heteroatoms. The molecule has 2 aromatic carbocycles. The van der Waals surface area contributed by atoms with Gasteiger partial charge in [0.2, 0.25) is 11.8 Å². The molecule has 6 nitrogen and oxygen atoms in total. The van der Waals surface area contributed by atoms with E-state index in [4.69, 9.17) is 0 Å². The van der Waals surface area contributed by atoms with Gasteiger partial charge in [-0.2, -0.15) is 0 Å². The van der Waals surface area contributed by atoms with Crippen LogP contribution in [0.15, 0.2) is 48.5 Å². The number of anilines is 1. The summed E-state index contributed by atoms with van der Waals surface area (Å²) in [4.78, 5) is 31.5. The molecular weight excluding hydrogens is 415 g/mol. The Kier molecular flexibility index (Phi) is 5.19. The Morgan fingerprint density at radius 3 is 2.94 bits per heavy atom. The fraction of sp³-hybridized carbons (Fsp3) is 0.348. The van der Waals surface area contributed by atoms with Gasteiger partial charge in [-0.15, -0.1) is 0 Å². The van der Waals surface area contributed by atoms with E-state index in [1.54, 1.807) is 6.07 Å². The molecule has 2 N–H and O–H groups in total. The van der Waals surface area contributed by atoms with Gasteiger partial charge in [0.1, 0.15) is 5.82 Å². The number of hydrogen-bond acceptors (Lipinski definition) is 5. The van der Waals surface area contributed by atoms with Crippen molar-refractivity contribution in [1.82, 2.24) is 15.2 Å². The molecule has 0 radical (unpaired) electrons. The number of amides is 2. The van der Waals surface area contributed by atoms with Gasteiger partial charge in [0.25, 0.3) is 0 Å². The van der Waals surface area contributed by atoms with Crippen molar-refractivity contribution in [3.05, 3.63) is 59.9 Å². The minimum absolute atomic E-state index is 0.0835. The van der Waals surface area contributed by atoms with Crippen molar-refractivity contribution in [1.29, 1.82) is 0 Å². The Morgan fingerprint density at radius 2 is 2.13 bits per heavy atom. The highest BCUT2D eigenvalue weighted by molar-refractivity contribution is 7.22. The number of piperidine rings is 1. The van der Waals surface area contributed by atoms with E-state index in [2.05, 4.69) is 32.7 Å². The molecule has 2 aliphatic heterocycles. The first-order valence-corrected chi connectivity index (χ1v) is 11.3. The van der Waals surface area contributed by atoms with Crippen molar-refractivity contribution in [3.63, 3.8) is 0 Å². The van der Waals surface area contributed by atoms with E-state index in [1.807, 2.05) is 18.2 Å². The number of halogens is 1. The van der Waals surface area contributed by atoms with Gasteiger partial charge >= 0.3 is 0 Å². The van der Waals surface area contributed by atoms with Crippen LogP contribution < -0.4 is 10.6 Å². The molecule has 31 heavy (non-hydrogen) atoms. The zero-order chi connectivity index (χ0) is 21.4. The van der Waals surface area contributed by atoms with Crippen LogP contribution >= 0.6 is 11.3 Å². The molecule has 2 atom stereocenters. The van der Waals surface area contributed by atoms with Crippen LogP contribution in [0.25, 0.3) is 10.2 Å². The Morgan fingerprint density at radius 1 is 1.29 bits per heavy atom. The molecule has 1 aromatic heterocycles. The summed E-state index contributed by atoms with van der Waals surface area (Å²) in [6, 6.07) is 14.6. The van der Waals surface area contributed by atoms with Crippen LogP contribution in [0.1, 0.15) is 30.7 Å². The first-order valence-electron chi connectivity index (χ1n) is 10.4. The maximum Gasteiger partial charge on any atom is 0.240 e. The Balaban J connectivity index is 1.31. The van der Waals surface area contributed by atoms with E-state index in [0.717, 1.165) is 12.8 Å². The molecule has 0 aliphatic carbocycles. The molecule has 2 aliphatic rings. The second-order valence-corrected chi connectivity index (χ2v) is 9.40. The van der Waals surface area contributed by atoms with E-state index in [9.17, 15) is 14.0 Å². The Bertz CT molecular complexity index is 1140. The van der Waals surface area contributed by atoms with Crippen LogP contribution in [-0.2, 0) is 9.59 Å². The molecule has 3 heterocycles. The van der Waals surface area contributed by atoms with Crippen molar-refractivity contribution in [3.8, 4) is 0 Å². The van der Waals surface area contributed by atoms with E-state index in [0.29, 0.717) is 34.9 Å². The molecule has 0 unspecified atom stereocenters. The fourth-order valence-corrected chi connectivity index (χ4v) is 5.80. The number of nitrogens with zero attached hydrogens (tertiary/aromatic N) is 2. The van der Waals surface area contributed by atoms with Crippen molar-refractivity contribution >= 4 is 38.5 Å². The average Bonchev–Trinajstić information content (AvgIpc) is 3.28. The van der Waals surface area contributed by atoms with Crippen LogP contribution in [0.5, 0.6) is 0 Å². The van der Waals surface area contributed by atoms with Crippen LogP contribution in [0, 0.1) is 5.82 Å². The normalized spacial score (nSPS) is 23.9. The molecular formula is C23H23FN4O2S. The van der Waals surface area contributed by atoms with Gasteiger partial charge in [0, 0.05) is 25.4 Å². The number of thiazole rings is 1. The van der Waals surface area contributed by atoms with Crippen LogP contribution in [0.3, 0.4) is 0 Å². The third kappa shape index (κ3) is 4.05. The van der Waals surface area contributed by atoms with Crippen LogP contribution in [0.2, 0.25) is 0 Å². The highest BCUT2D eigenvalue weighted by Crippen LogP contribution is 2.41. The fourth-order valence-electron chi connectivity index (χ4n) is 4.90. The van der Waals surface area contributed by atoms with Gasteiger partial charge in [-0.25, -0.2) is 9.37 Å². The van der Waals surface area contributed by atoms with E-state index in [-0.39, 0.29) is 35.6 Å². The van der Waals surface area contributed by atoms with Crippen molar-refractivity contribution in [2.45, 2.75) is 30.7 Å². The van der Waals surface area contributed by atoms with Crippen molar-refractivity contribution in [2.75, 3.05) is 25.0 Å². The zero-order valence-corrected chi connectivity index (χ0v) is 17.8. The summed E-state index contributed by atoms with van der Waals surface area (Å²) in [5.41, 5.74) is 1.50. The van der Waals surface area contributed by atoms with Gasteiger partial charge in [0.05, 0.1) is 22.3 Å². The van der Waals surface area contributed by atoms with Crippen LogP contribution in [0.4, 0.5) is 9.52 Å². The molecule has 2 amide bonds. The van der Waals surface area contributed by atoms with E-state index >= 15 is 0 Å². The molecule has 1 spiro atoms. The van der Waals surface area contributed by atoms with Gasteiger partial charge in [-0.1, -0.05) is 41.7 Å². The number of likely N-dealkylation sites (tertiary alicyclic amines) is 1. The highest BCUT2D eigenvalue weighted by atomic mass is 32.1. The predicted molar refractivity (Wildman–Crippen MR) is 119 cm³/mol. The smallest absolute Gasteiger partial charge is 0.240 e. The maximum atomic E-state index is 13.4. The molecule has 2 saturated heterocycles. The number of aromatic nitrogens is 1. The molecule has 160 valence electrons. The van der Waals surface area contributed by atoms with Gasteiger partial charge in [-0.05, 0) is 36.6 Å². The van der Waals surface area contributed by atoms with Crippen LogP contribution in [-0.4, -0.2) is 46.9 Å². The lowest BCUT2D eigenvalue weighted by atomic mass is 9.76. The number of nitrogens with one attached hydrogen (secondary N) is 2. The number of rotatable bonds is 4. The molecule has 0 bridgehead atoms.